The highest BCUT2D eigenvalue weighted by Gasteiger charge is 2.10. The molecule has 2 rings (SSSR count). The summed E-state index contributed by atoms with van der Waals surface area (Å²) in [6.07, 6.45) is 2.97. The van der Waals surface area contributed by atoms with E-state index in [-0.39, 0.29) is 10.4 Å². The standard InChI is InChI=1S/C6H2Cl2N4OS/c7-3-4(10-5(8)12-11-3)14-6-9-1-2-13-6/h1-2H. The number of aromatic nitrogens is 4. The Morgan fingerprint density at radius 1 is 1.29 bits per heavy atom. The van der Waals surface area contributed by atoms with Crippen LogP contribution in [0.15, 0.2) is 27.1 Å². The van der Waals surface area contributed by atoms with Gasteiger partial charge in [-0.25, -0.2) is 9.97 Å². The van der Waals surface area contributed by atoms with Crippen LogP contribution in [0, 0.1) is 0 Å². The van der Waals surface area contributed by atoms with Crippen LogP contribution in [0.2, 0.25) is 10.4 Å². The first kappa shape index (κ1) is 9.70. The van der Waals surface area contributed by atoms with E-state index >= 15 is 0 Å². The summed E-state index contributed by atoms with van der Waals surface area (Å²) in [5.41, 5.74) is 0. The topological polar surface area (TPSA) is 64.7 Å². The van der Waals surface area contributed by atoms with Crippen LogP contribution in [0.1, 0.15) is 0 Å². The zero-order valence-electron chi connectivity index (χ0n) is 6.52. The van der Waals surface area contributed by atoms with E-state index in [9.17, 15) is 0 Å². The molecule has 0 aromatic carbocycles. The largest absolute Gasteiger partial charge is 0.440 e. The number of oxazole rings is 1. The van der Waals surface area contributed by atoms with Crippen molar-refractivity contribution in [2.45, 2.75) is 10.2 Å². The molecule has 0 radical (unpaired) electrons. The minimum atomic E-state index is 0.0310. The molecule has 0 unspecified atom stereocenters. The lowest BCUT2D eigenvalue weighted by atomic mass is 10.9. The molecule has 0 N–H and O–H groups in total. The molecule has 8 heteroatoms. The summed E-state index contributed by atoms with van der Waals surface area (Å²) in [5.74, 6) is 0. The van der Waals surface area contributed by atoms with Gasteiger partial charge in [0.1, 0.15) is 11.3 Å². The quantitative estimate of drug-likeness (QED) is 0.813. The number of hydrogen-bond acceptors (Lipinski definition) is 6. The molecule has 72 valence electrons. The predicted molar refractivity (Wildman–Crippen MR) is 50.5 cm³/mol. The molecule has 0 saturated carbocycles. The molecule has 5 nitrogen and oxygen atoms in total. The van der Waals surface area contributed by atoms with E-state index < -0.39 is 0 Å². The van der Waals surface area contributed by atoms with Crippen LogP contribution < -0.4 is 0 Å². The average Bonchev–Trinajstić information content (AvgIpc) is 2.64. The minimum Gasteiger partial charge on any atom is -0.440 e. The maximum atomic E-state index is 5.73. The maximum Gasteiger partial charge on any atom is 0.262 e. The molecule has 0 spiro atoms. The third kappa shape index (κ3) is 2.14. The molecular formula is C6H2Cl2N4OS. The SMILES string of the molecule is Clc1nnc(Cl)c(Sc2ncco2)n1. The Morgan fingerprint density at radius 2 is 2.14 bits per heavy atom. The molecular weight excluding hydrogens is 247 g/mol. The molecule has 2 aromatic heterocycles. The van der Waals surface area contributed by atoms with E-state index in [1.54, 1.807) is 0 Å². The molecule has 0 atom stereocenters. The van der Waals surface area contributed by atoms with Gasteiger partial charge in [-0.15, -0.1) is 10.2 Å². The van der Waals surface area contributed by atoms with Crippen molar-refractivity contribution in [1.82, 2.24) is 20.2 Å². The molecule has 0 bridgehead atoms. The Morgan fingerprint density at radius 3 is 2.86 bits per heavy atom. The monoisotopic (exact) mass is 248 g/mol. The summed E-state index contributed by atoms with van der Waals surface area (Å²) < 4.78 is 4.99. The molecule has 2 heterocycles. The first-order valence-corrected chi connectivity index (χ1v) is 4.96. The zero-order chi connectivity index (χ0) is 9.97. The van der Waals surface area contributed by atoms with E-state index in [0.717, 1.165) is 11.8 Å². The fourth-order valence-corrected chi connectivity index (χ4v) is 1.70. The highest BCUT2D eigenvalue weighted by atomic mass is 35.5. The van der Waals surface area contributed by atoms with Crippen molar-refractivity contribution in [3.63, 3.8) is 0 Å². The average molecular weight is 249 g/mol. The molecule has 0 aliphatic carbocycles. The first-order valence-electron chi connectivity index (χ1n) is 3.39. The summed E-state index contributed by atoms with van der Waals surface area (Å²) in [7, 11) is 0. The van der Waals surface area contributed by atoms with Gasteiger partial charge < -0.3 is 4.42 Å². The van der Waals surface area contributed by atoms with E-state index in [1.165, 1.54) is 12.5 Å². The highest BCUT2D eigenvalue weighted by Crippen LogP contribution is 2.29. The van der Waals surface area contributed by atoms with Crippen molar-refractivity contribution in [2.75, 3.05) is 0 Å². The third-order valence-electron chi connectivity index (χ3n) is 1.18. The molecule has 0 fully saturated rings. The van der Waals surface area contributed by atoms with Gasteiger partial charge in [-0.2, -0.15) is 0 Å². The molecule has 0 aliphatic rings. The number of rotatable bonds is 2. The lowest BCUT2D eigenvalue weighted by Crippen LogP contribution is -1.91. The summed E-state index contributed by atoms with van der Waals surface area (Å²) in [6, 6.07) is 0. The van der Waals surface area contributed by atoms with Crippen molar-refractivity contribution < 1.29 is 4.42 Å². The zero-order valence-corrected chi connectivity index (χ0v) is 8.84. The van der Waals surface area contributed by atoms with Crippen LogP contribution >= 0.6 is 35.0 Å². The number of nitrogens with zero attached hydrogens (tertiary/aromatic N) is 4. The van der Waals surface area contributed by atoms with Crippen LogP contribution in [0.4, 0.5) is 0 Å². The van der Waals surface area contributed by atoms with Crippen LogP contribution in [0.25, 0.3) is 0 Å². The highest BCUT2D eigenvalue weighted by molar-refractivity contribution is 7.99. The normalized spacial score (nSPS) is 10.4. The van der Waals surface area contributed by atoms with E-state index in [1.807, 2.05) is 0 Å². The van der Waals surface area contributed by atoms with E-state index in [0.29, 0.717) is 10.2 Å². The van der Waals surface area contributed by atoms with E-state index in [2.05, 4.69) is 20.2 Å². The molecule has 14 heavy (non-hydrogen) atoms. The third-order valence-corrected chi connectivity index (χ3v) is 2.57. The summed E-state index contributed by atoms with van der Waals surface area (Å²) in [5, 5.41) is 8.09. The lowest BCUT2D eigenvalue weighted by molar-refractivity contribution is 0.454. The fraction of sp³-hybridized carbons (Fsp3) is 0. The number of halogens is 2. The Labute approximate surface area is 92.9 Å². The van der Waals surface area contributed by atoms with Crippen LogP contribution in [0.5, 0.6) is 0 Å². The van der Waals surface area contributed by atoms with Gasteiger partial charge >= 0.3 is 0 Å². The second kappa shape index (κ2) is 4.12. The van der Waals surface area contributed by atoms with Gasteiger partial charge in [0.2, 0.25) is 5.28 Å². The van der Waals surface area contributed by atoms with Crippen LogP contribution in [-0.2, 0) is 0 Å². The minimum absolute atomic E-state index is 0.0310. The van der Waals surface area contributed by atoms with Gasteiger partial charge in [-0.1, -0.05) is 11.6 Å². The van der Waals surface area contributed by atoms with Gasteiger partial charge in [-0.05, 0) is 23.4 Å². The van der Waals surface area contributed by atoms with Crippen molar-refractivity contribution in [1.29, 1.82) is 0 Å². The van der Waals surface area contributed by atoms with Crippen molar-refractivity contribution in [3.8, 4) is 0 Å². The van der Waals surface area contributed by atoms with Gasteiger partial charge in [0, 0.05) is 0 Å². The summed E-state index contributed by atoms with van der Waals surface area (Å²) >= 11 is 12.4. The molecule has 0 aliphatic heterocycles. The van der Waals surface area contributed by atoms with Crippen LogP contribution in [-0.4, -0.2) is 20.2 Å². The van der Waals surface area contributed by atoms with Crippen molar-refractivity contribution >= 4 is 35.0 Å². The van der Waals surface area contributed by atoms with Crippen molar-refractivity contribution in [3.05, 3.63) is 22.9 Å². The Bertz CT molecular complexity index is 435. The predicted octanol–water partition coefficient (Wildman–Crippen LogP) is 2.32. The van der Waals surface area contributed by atoms with Gasteiger partial charge in [0.25, 0.3) is 5.22 Å². The second-order valence-corrected chi connectivity index (χ2v) is 3.71. The van der Waals surface area contributed by atoms with E-state index in [4.69, 9.17) is 27.6 Å². The van der Waals surface area contributed by atoms with Gasteiger partial charge in [0.15, 0.2) is 5.15 Å². The Kier molecular flexibility index (Phi) is 2.85. The molecule has 2 aromatic rings. The second-order valence-electron chi connectivity index (χ2n) is 2.08. The van der Waals surface area contributed by atoms with Crippen LogP contribution in [0.3, 0.4) is 0 Å². The van der Waals surface area contributed by atoms with Gasteiger partial charge in [-0.3, -0.25) is 0 Å². The Hall–Kier alpha value is -0.850. The molecule has 0 saturated heterocycles. The summed E-state index contributed by atoms with van der Waals surface area (Å²) in [6.45, 7) is 0. The summed E-state index contributed by atoms with van der Waals surface area (Å²) in [4.78, 5) is 7.76. The number of hydrogen-bond donors (Lipinski definition) is 0. The Balaban J connectivity index is 2.28. The smallest absolute Gasteiger partial charge is 0.262 e. The first-order chi connectivity index (χ1) is 6.75. The van der Waals surface area contributed by atoms with Gasteiger partial charge in [0.05, 0.1) is 6.20 Å². The van der Waals surface area contributed by atoms with Crippen molar-refractivity contribution in [2.24, 2.45) is 0 Å². The fourth-order valence-electron chi connectivity index (χ4n) is 0.689. The maximum absolute atomic E-state index is 5.73. The molecule has 0 amide bonds. The lowest BCUT2D eigenvalue weighted by Gasteiger charge is -1.97.